The Hall–Kier alpha value is -2.28. The summed E-state index contributed by atoms with van der Waals surface area (Å²) in [6, 6.07) is 13.0. The number of nitrogens with zero attached hydrogens (tertiary/aromatic N) is 3. The number of benzene rings is 2. The number of ether oxygens (including phenoxy) is 1. The highest BCUT2D eigenvalue weighted by Gasteiger charge is 2.38. The summed E-state index contributed by atoms with van der Waals surface area (Å²) in [6.45, 7) is 1.86. The maximum Gasteiger partial charge on any atom is 0.281 e. The Morgan fingerprint density at radius 1 is 1.09 bits per heavy atom. The second kappa shape index (κ2) is 8.93. The molecule has 2 fully saturated rings. The molecule has 2 aromatic carbocycles. The number of hydrogen-bond acceptors (Lipinski definition) is 5. The SMILES string of the molecule is COc1ccc(C2CC(C(=O)NN3CC4CCCC4C3)=NN2c2ccc(Cl)cc2Cl)cc1. The normalized spacial score (nSPS) is 25.0. The van der Waals surface area contributed by atoms with E-state index < -0.39 is 0 Å². The Bertz CT molecular complexity index is 1030. The van der Waals surface area contributed by atoms with Crippen LogP contribution in [0.3, 0.4) is 0 Å². The van der Waals surface area contributed by atoms with Crippen LogP contribution in [-0.4, -0.2) is 36.8 Å². The van der Waals surface area contributed by atoms with Gasteiger partial charge < -0.3 is 4.74 Å². The van der Waals surface area contributed by atoms with Crippen molar-refractivity contribution in [2.75, 3.05) is 25.2 Å². The number of hydrogen-bond donors (Lipinski definition) is 1. The summed E-state index contributed by atoms with van der Waals surface area (Å²) in [7, 11) is 1.64. The largest absolute Gasteiger partial charge is 0.497 e. The lowest BCUT2D eigenvalue weighted by atomic mass is 10.0. The molecule has 3 unspecified atom stereocenters. The Kier molecular flexibility index (Phi) is 6.01. The average molecular weight is 473 g/mol. The van der Waals surface area contributed by atoms with E-state index in [1.165, 1.54) is 19.3 Å². The fraction of sp³-hybridized carbons (Fsp3) is 0.417. The van der Waals surface area contributed by atoms with Crippen LogP contribution in [0.2, 0.25) is 10.0 Å². The standard InChI is InChI=1S/C24H26Cl2N4O2/c1-32-19-8-5-15(6-9-19)23-12-21(27-30(23)22-10-7-18(25)11-20(22)26)24(31)28-29-13-16-3-2-4-17(16)14-29/h5-11,16-17,23H,2-4,12-14H2,1H3,(H,28,31). The third-order valence-corrected chi connectivity index (χ3v) is 7.35. The van der Waals surface area contributed by atoms with Gasteiger partial charge in [-0.3, -0.25) is 15.2 Å². The lowest BCUT2D eigenvalue weighted by molar-refractivity contribution is -0.119. The van der Waals surface area contributed by atoms with Crippen molar-refractivity contribution in [3.63, 3.8) is 0 Å². The molecule has 2 aromatic rings. The molecule has 3 atom stereocenters. The van der Waals surface area contributed by atoms with Gasteiger partial charge >= 0.3 is 0 Å². The number of carbonyl (C=O) groups excluding carboxylic acids is 1. The van der Waals surface area contributed by atoms with E-state index >= 15 is 0 Å². The first-order valence-electron chi connectivity index (χ1n) is 11.0. The molecule has 0 spiro atoms. The first kappa shape index (κ1) is 21.6. The fourth-order valence-corrected chi connectivity index (χ4v) is 5.65. The molecule has 2 heterocycles. The van der Waals surface area contributed by atoms with E-state index in [9.17, 15) is 4.79 Å². The van der Waals surface area contributed by atoms with Gasteiger partial charge in [0.25, 0.3) is 5.91 Å². The molecule has 32 heavy (non-hydrogen) atoms. The number of anilines is 1. The van der Waals surface area contributed by atoms with E-state index in [1.807, 2.05) is 35.3 Å². The number of hydrazine groups is 1. The highest BCUT2D eigenvalue weighted by atomic mass is 35.5. The van der Waals surface area contributed by atoms with Crippen molar-refractivity contribution in [2.45, 2.75) is 31.7 Å². The van der Waals surface area contributed by atoms with E-state index in [1.54, 1.807) is 19.2 Å². The number of amides is 1. The lowest BCUT2D eigenvalue weighted by Crippen LogP contribution is -2.44. The van der Waals surface area contributed by atoms with Crippen molar-refractivity contribution in [3.05, 3.63) is 58.1 Å². The van der Waals surface area contributed by atoms with Crippen LogP contribution in [0.15, 0.2) is 47.6 Å². The van der Waals surface area contributed by atoms with Gasteiger partial charge in [-0.1, -0.05) is 41.8 Å². The Morgan fingerprint density at radius 3 is 2.47 bits per heavy atom. The van der Waals surface area contributed by atoms with Crippen LogP contribution in [0.5, 0.6) is 5.75 Å². The summed E-state index contributed by atoms with van der Waals surface area (Å²) in [6.07, 6.45) is 4.32. The number of methoxy groups -OCH3 is 1. The van der Waals surface area contributed by atoms with E-state index in [0.29, 0.717) is 34.0 Å². The molecule has 1 N–H and O–H groups in total. The molecule has 0 radical (unpaired) electrons. The van der Waals surface area contributed by atoms with Crippen LogP contribution in [0, 0.1) is 11.8 Å². The Morgan fingerprint density at radius 2 is 1.81 bits per heavy atom. The monoisotopic (exact) mass is 472 g/mol. The number of nitrogens with one attached hydrogen (secondary N) is 1. The van der Waals surface area contributed by atoms with Gasteiger partial charge in [-0.25, -0.2) is 5.01 Å². The predicted molar refractivity (Wildman–Crippen MR) is 127 cm³/mol. The molecule has 168 valence electrons. The number of carbonyl (C=O) groups is 1. The summed E-state index contributed by atoms with van der Waals surface area (Å²) in [5.74, 6) is 2.05. The number of fused-ring (bicyclic) bond motifs is 1. The molecule has 1 amide bonds. The van der Waals surface area contributed by atoms with Gasteiger partial charge in [0, 0.05) is 24.5 Å². The summed E-state index contributed by atoms with van der Waals surface area (Å²) in [5.41, 5.74) is 5.34. The minimum absolute atomic E-state index is 0.143. The van der Waals surface area contributed by atoms with Crippen molar-refractivity contribution in [3.8, 4) is 5.75 Å². The van der Waals surface area contributed by atoms with Gasteiger partial charge in [-0.2, -0.15) is 5.10 Å². The van der Waals surface area contributed by atoms with Crippen LogP contribution >= 0.6 is 23.2 Å². The minimum atomic E-state index is -0.154. The van der Waals surface area contributed by atoms with Crippen LogP contribution < -0.4 is 15.2 Å². The van der Waals surface area contributed by atoms with Crippen molar-refractivity contribution in [1.82, 2.24) is 10.4 Å². The smallest absolute Gasteiger partial charge is 0.281 e. The van der Waals surface area contributed by atoms with Gasteiger partial charge in [0.1, 0.15) is 11.5 Å². The number of hydrazone groups is 1. The minimum Gasteiger partial charge on any atom is -0.497 e. The van der Waals surface area contributed by atoms with Crippen LogP contribution in [0.25, 0.3) is 0 Å². The first-order chi connectivity index (χ1) is 15.5. The van der Waals surface area contributed by atoms with Crippen molar-refractivity contribution >= 4 is 40.5 Å². The van der Waals surface area contributed by atoms with E-state index in [0.717, 1.165) is 30.1 Å². The summed E-state index contributed by atoms with van der Waals surface area (Å²) in [5, 5.41) is 9.66. The molecule has 1 saturated heterocycles. The van der Waals surface area contributed by atoms with E-state index in [-0.39, 0.29) is 11.9 Å². The molecular weight excluding hydrogens is 447 g/mol. The van der Waals surface area contributed by atoms with Gasteiger partial charge in [-0.15, -0.1) is 0 Å². The third-order valence-electron chi connectivity index (χ3n) is 6.82. The average Bonchev–Trinajstić information content (AvgIpc) is 3.49. The molecule has 1 aliphatic carbocycles. The molecule has 0 bridgehead atoms. The molecule has 1 saturated carbocycles. The van der Waals surface area contributed by atoms with Crippen molar-refractivity contribution in [1.29, 1.82) is 0 Å². The summed E-state index contributed by atoms with van der Waals surface area (Å²) in [4.78, 5) is 13.1. The lowest BCUT2D eigenvalue weighted by Gasteiger charge is -2.25. The van der Waals surface area contributed by atoms with Gasteiger partial charge in [0.15, 0.2) is 0 Å². The van der Waals surface area contributed by atoms with Crippen LogP contribution in [-0.2, 0) is 4.79 Å². The summed E-state index contributed by atoms with van der Waals surface area (Å²) < 4.78 is 5.29. The zero-order chi connectivity index (χ0) is 22.2. The summed E-state index contributed by atoms with van der Waals surface area (Å²) >= 11 is 12.6. The number of halogens is 2. The first-order valence-corrected chi connectivity index (χ1v) is 11.8. The predicted octanol–water partition coefficient (Wildman–Crippen LogP) is 5.07. The fourth-order valence-electron chi connectivity index (χ4n) is 5.16. The van der Waals surface area contributed by atoms with E-state index in [2.05, 4.69) is 10.4 Å². The maximum atomic E-state index is 13.1. The number of rotatable bonds is 5. The van der Waals surface area contributed by atoms with Gasteiger partial charge in [-0.05, 0) is 60.6 Å². The highest BCUT2D eigenvalue weighted by Crippen LogP contribution is 2.40. The van der Waals surface area contributed by atoms with Crippen molar-refractivity contribution < 1.29 is 9.53 Å². The van der Waals surface area contributed by atoms with Gasteiger partial charge in [0.05, 0.1) is 23.9 Å². The van der Waals surface area contributed by atoms with Crippen LogP contribution in [0.1, 0.15) is 37.3 Å². The molecule has 8 heteroatoms. The Balaban J connectivity index is 1.39. The zero-order valence-electron chi connectivity index (χ0n) is 17.9. The Labute approximate surface area is 198 Å². The molecule has 6 nitrogen and oxygen atoms in total. The topological polar surface area (TPSA) is 57.2 Å². The zero-order valence-corrected chi connectivity index (χ0v) is 19.4. The molecular formula is C24H26Cl2N4O2. The highest BCUT2D eigenvalue weighted by molar-refractivity contribution is 6.40. The molecule has 5 rings (SSSR count). The van der Waals surface area contributed by atoms with Crippen LogP contribution in [0.4, 0.5) is 5.69 Å². The maximum absolute atomic E-state index is 13.1. The van der Waals surface area contributed by atoms with Crippen molar-refractivity contribution in [2.24, 2.45) is 16.9 Å². The third kappa shape index (κ3) is 4.19. The second-order valence-electron chi connectivity index (χ2n) is 8.78. The van der Waals surface area contributed by atoms with Gasteiger partial charge in [0.2, 0.25) is 0 Å². The molecule has 3 aliphatic rings. The second-order valence-corrected chi connectivity index (χ2v) is 9.62. The quantitative estimate of drug-likeness (QED) is 0.659. The molecule has 0 aromatic heterocycles. The van der Waals surface area contributed by atoms with E-state index in [4.69, 9.17) is 33.0 Å². The molecule has 2 aliphatic heterocycles.